The van der Waals surface area contributed by atoms with Gasteiger partial charge in [-0.25, -0.2) is 4.98 Å². The molecule has 11 heteroatoms. The first kappa shape index (κ1) is 19.7. The first-order valence-corrected chi connectivity index (χ1v) is 7.93. The molecule has 1 atom stereocenters. The van der Waals surface area contributed by atoms with Crippen molar-refractivity contribution in [2.75, 3.05) is 0 Å². The van der Waals surface area contributed by atoms with Gasteiger partial charge in [0, 0.05) is 35.7 Å². The Morgan fingerprint density at radius 1 is 1.31 bits per heavy atom. The first-order valence-electron chi connectivity index (χ1n) is 7.11. The van der Waals surface area contributed by atoms with E-state index in [1.54, 1.807) is 0 Å². The molecule has 1 amide bonds. The maximum atomic E-state index is 12.6. The molecule has 0 saturated carbocycles. The Morgan fingerprint density at radius 3 is 2.50 bits per heavy atom. The molecule has 1 aromatic heterocycles. The third-order valence-corrected chi connectivity index (χ3v) is 4.35. The summed E-state index contributed by atoms with van der Waals surface area (Å²) < 4.78 is 37.8. The van der Waals surface area contributed by atoms with Gasteiger partial charge in [0.05, 0.1) is 10.5 Å². The van der Waals surface area contributed by atoms with Gasteiger partial charge in [-0.3, -0.25) is 14.9 Å². The highest BCUT2D eigenvalue weighted by Crippen LogP contribution is 2.36. The van der Waals surface area contributed by atoms with E-state index in [9.17, 15) is 28.1 Å². The summed E-state index contributed by atoms with van der Waals surface area (Å²) in [4.78, 5) is 25.6. The maximum Gasteiger partial charge on any atom is 0.417 e. The summed E-state index contributed by atoms with van der Waals surface area (Å²) in [5, 5.41) is 11.2. The average molecular weight is 386 g/mol. The highest BCUT2D eigenvalue weighted by Gasteiger charge is 2.30. The summed E-state index contributed by atoms with van der Waals surface area (Å²) in [6.07, 6.45) is -4.05. The molecule has 2 rings (SSSR count). The highest BCUT2D eigenvalue weighted by molar-refractivity contribution is 7.99. The summed E-state index contributed by atoms with van der Waals surface area (Å²) in [6, 6.07) is 5.00. The summed E-state index contributed by atoms with van der Waals surface area (Å²) >= 11 is 0.976. The van der Waals surface area contributed by atoms with Crippen molar-refractivity contribution in [2.24, 2.45) is 11.5 Å². The molecule has 0 aliphatic rings. The maximum absolute atomic E-state index is 12.6. The third-order valence-electron chi connectivity index (χ3n) is 3.30. The zero-order valence-corrected chi connectivity index (χ0v) is 13.9. The molecule has 7 nitrogen and oxygen atoms in total. The number of rotatable bonds is 6. The number of aromatic nitrogens is 1. The van der Waals surface area contributed by atoms with Crippen LogP contribution in [0.5, 0.6) is 0 Å². The lowest BCUT2D eigenvalue weighted by Gasteiger charge is -2.15. The van der Waals surface area contributed by atoms with Crippen molar-refractivity contribution >= 4 is 23.4 Å². The lowest BCUT2D eigenvalue weighted by molar-refractivity contribution is -0.385. The fourth-order valence-corrected chi connectivity index (χ4v) is 3.01. The molecule has 1 aromatic carbocycles. The molecular formula is C15H13F3N4O3S. The van der Waals surface area contributed by atoms with Crippen molar-refractivity contribution < 1.29 is 22.9 Å². The molecule has 0 saturated heterocycles. The summed E-state index contributed by atoms with van der Waals surface area (Å²) in [5.74, 6) is -0.687. The SMILES string of the molecule is NC(=O)CC(N)c1cc([N+](=O)[O-])ccc1Sc1ccc(C(F)(F)F)cn1. The number of nitrogens with two attached hydrogens (primary N) is 2. The molecular weight excluding hydrogens is 373 g/mol. The van der Waals surface area contributed by atoms with Crippen molar-refractivity contribution in [1.82, 2.24) is 4.98 Å². The summed E-state index contributed by atoms with van der Waals surface area (Å²) in [5.41, 5.74) is 10.2. The zero-order valence-electron chi connectivity index (χ0n) is 13.1. The average Bonchev–Trinajstić information content (AvgIpc) is 2.54. The number of nitro benzene ring substituents is 1. The van der Waals surface area contributed by atoms with Crippen molar-refractivity contribution in [3.63, 3.8) is 0 Å². The smallest absolute Gasteiger partial charge is 0.370 e. The van der Waals surface area contributed by atoms with Crippen LogP contribution in [-0.4, -0.2) is 15.8 Å². The van der Waals surface area contributed by atoms with Crippen molar-refractivity contribution in [1.29, 1.82) is 0 Å². The third kappa shape index (κ3) is 4.92. The van der Waals surface area contributed by atoms with Gasteiger partial charge in [-0.1, -0.05) is 11.8 Å². The van der Waals surface area contributed by atoms with Gasteiger partial charge >= 0.3 is 6.18 Å². The molecule has 138 valence electrons. The standard InChI is InChI=1S/C15H13F3N4O3S/c16-15(17,18)8-1-4-14(21-7-8)26-12-3-2-9(22(24)25)5-10(12)11(19)6-13(20)23/h1-5,7,11H,6,19H2,(H2,20,23). The molecule has 26 heavy (non-hydrogen) atoms. The minimum Gasteiger partial charge on any atom is -0.370 e. The number of halogens is 3. The second kappa shape index (κ2) is 7.70. The number of alkyl halides is 3. The zero-order chi connectivity index (χ0) is 19.5. The van der Waals surface area contributed by atoms with Crippen molar-refractivity contribution in [3.05, 3.63) is 57.8 Å². The van der Waals surface area contributed by atoms with Gasteiger partial charge in [-0.15, -0.1) is 0 Å². The van der Waals surface area contributed by atoms with Crippen LogP contribution in [0.2, 0.25) is 0 Å². The predicted octanol–water partition coefficient (Wildman–Crippen LogP) is 3.04. The molecule has 0 radical (unpaired) electrons. The largest absolute Gasteiger partial charge is 0.417 e. The summed E-state index contributed by atoms with van der Waals surface area (Å²) in [7, 11) is 0. The number of hydrogen-bond donors (Lipinski definition) is 2. The fourth-order valence-electron chi connectivity index (χ4n) is 2.08. The molecule has 0 bridgehead atoms. The Morgan fingerprint density at radius 2 is 2.00 bits per heavy atom. The molecule has 1 heterocycles. The van der Waals surface area contributed by atoms with Gasteiger partial charge in [-0.2, -0.15) is 13.2 Å². The van der Waals surface area contributed by atoms with E-state index in [2.05, 4.69) is 4.98 Å². The van der Waals surface area contributed by atoms with E-state index in [0.717, 1.165) is 17.8 Å². The van der Waals surface area contributed by atoms with E-state index in [-0.39, 0.29) is 22.7 Å². The van der Waals surface area contributed by atoms with Gasteiger partial charge in [0.1, 0.15) is 5.03 Å². The predicted molar refractivity (Wildman–Crippen MR) is 87.2 cm³/mol. The molecule has 0 aliphatic carbocycles. The molecule has 1 unspecified atom stereocenters. The van der Waals surface area contributed by atoms with Gasteiger partial charge in [-0.05, 0) is 23.8 Å². The van der Waals surface area contributed by atoms with Crippen LogP contribution in [0.25, 0.3) is 0 Å². The molecule has 0 spiro atoms. The number of amides is 1. The van der Waals surface area contributed by atoms with Crippen molar-refractivity contribution in [3.8, 4) is 0 Å². The van der Waals surface area contributed by atoms with E-state index in [0.29, 0.717) is 11.1 Å². The Kier molecular flexibility index (Phi) is 5.83. The summed E-state index contributed by atoms with van der Waals surface area (Å²) in [6.45, 7) is 0. The number of nitro groups is 1. The second-order valence-corrected chi connectivity index (χ2v) is 6.30. The fraction of sp³-hybridized carbons (Fsp3) is 0.200. The molecule has 2 aromatic rings. The van der Waals surface area contributed by atoms with Crippen LogP contribution in [0.15, 0.2) is 46.5 Å². The van der Waals surface area contributed by atoms with Crippen LogP contribution in [0, 0.1) is 10.1 Å². The number of benzene rings is 1. The Balaban J connectivity index is 2.35. The van der Waals surface area contributed by atoms with Crippen molar-refractivity contribution in [2.45, 2.75) is 28.6 Å². The van der Waals surface area contributed by atoms with Crippen LogP contribution in [0.3, 0.4) is 0 Å². The number of hydrogen-bond acceptors (Lipinski definition) is 6. The normalized spacial score (nSPS) is 12.6. The second-order valence-electron chi connectivity index (χ2n) is 5.24. The Labute approximate surface area is 149 Å². The Hall–Kier alpha value is -2.66. The first-order chi connectivity index (χ1) is 12.1. The number of primary amides is 1. The van der Waals surface area contributed by atoms with Crippen LogP contribution in [0.4, 0.5) is 18.9 Å². The number of nitrogens with zero attached hydrogens (tertiary/aromatic N) is 2. The van der Waals surface area contributed by atoms with E-state index in [1.807, 2.05) is 0 Å². The van der Waals surface area contributed by atoms with Gasteiger partial charge in [0.15, 0.2) is 0 Å². The lowest BCUT2D eigenvalue weighted by Crippen LogP contribution is -2.21. The van der Waals surface area contributed by atoms with Crippen LogP contribution in [-0.2, 0) is 11.0 Å². The Bertz CT molecular complexity index is 828. The lowest BCUT2D eigenvalue weighted by atomic mass is 10.0. The van der Waals surface area contributed by atoms with Crippen LogP contribution < -0.4 is 11.5 Å². The monoisotopic (exact) mass is 386 g/mol. The van der Waals surface area contributed by atoms with E-state index >= 15 is 0 Å². The minimum atomic E-state index is -4.50. The highest BCUT2D eigenvalue weighted by atomic mass is 32.2. The number of pyridine rings is 1. The molecule has 4 N–H and O–H groups in total. The van der Waals surface area contributed by atoms with Gasteiger partial charge in [0.25, 0.3) is 5.69 Å². The van der Waals surface area contributed by atoms with Crippen LogP contribution >= 0.6 is 11.8 Å². The van der Waals surface area contributed by atoms with Gasteiger partial charge < -0.3 is 11.5 Å². The van der Waals surface area contributed by atoms with Crippen LogP contribution in [0.1, 0.15) is 23.6 Å². The van der Waals surface area contributed by atoms with E-state index in [1.165, 1.54) is 24.3 Å². The number of carbonyl (C=O) groups is 1. The van der Waals surface area contributed by atoms with E-state index < -0.39 is 28.6 Å². The molecule has 0 aliphatic heterocycles. The number of carbonyl (C=O) groups excluding carboxylic acids is 1. The minimum absolute atomic E-state index is 0.232. The van der Waals surface area contributed by atoms with E-state index in [4.69, 9.17) is 11.5 Å². The quantitative estimate of drug-likeness (QED) is 0.581. The number of non-ortho nitro benzene ring substituents is 1. The molecule has 0 fully saturated rings. The van der Waals surface area contributed by atoms with Gasteiger partial charge in [0.2, 0.25) is 5.91 Å². The topological polar surface area (TPSA) is 125 Å².